The van der Waals surface area contributed by atoms with E-state index in [0.29, 0.717) is 5.75 Å². The number of hydrogen-bond donors (Lipinski definition) is 1. The van der Waals surface area contributed by atoms with Crippen molar-refractivity contribution in [2.45, 2.75) is 33.2 Å². The van der Waals surface area contributed by atoms with Gasteiger partial charge in [-0.25, -0.2) is 8.42 Å². The molecule has 0 aromatic heterocycles. The molecule has 0 aromatic carbocycles. The van der Waals surface area contributed by atoms with Gasteiger partial charge >= 0.3 is 0 Å². The fourth-order valence-electron chi connectivity index (χ4n) is 1.81. The third-order valence-electron chi connectivity index (χ3n) is 2.78. The molecule has 1 saturated heterocycles. The fraction of sp³-hybridized carbons (Fsp3) is 1.00. The monoisotopic (exact) mass is 205 g/mol. The van der Waals surface area contributed by atoms with Crippen LogP contribution in [0.25, 0.3) is 0 Å². The van der Waals surface area contributed by atoms with Crippen LogP contribution in [0.1, 0.15) is 27.2 Å². The molecule has 3 nitrogen and oxygen atoms in total. The average molecular weight is 205 g/mol. The van der Waals surface area contributed by atoms with E-state index in [1.807, 2.05) is 0 Å². The second kappa shape index (κ2) is 3.24. The summed E-state index contributed by atoms with van der Waals surface area (Å²) in [5.41, 5.74) is 6.02. The molecule has 1 fully saturated rings. The van der Waals surface area contributed by atoms with Crippen molar-refractivity contribution >= 4 is 9.84 Å². The summed E-state index contributed by atoms with van der Waals surface area (Å²) in [7, 11) is -2.78. The fourth-order valence-corrected chi connectivity index (χ4v) is 3.67. The van der Waals surface area contributed by atoms with Gasteiger partial charge in [0.15, 0.2) is 9.84 Å². The van der Waals surface area contributed by atoms with Crippen LogP contribution < -0.4 is 5.73 Å². The lowest BCUT2D eigenvalue weighted by molar-refractivity contribution is 0.252. The van der Waals surface area contributed by atoms with Crippen molar-refractivity contribution < 1.29 is 8.42 Å². The molecule has 0 aliphatic carbocycles. The molecule has 0 aromatic rings. The van der Waals surface area contributed by atoms with Crippen molar-refractivity contribution in [1.29, 1.82) is 0 Å². The second-order valence-corrected chi connectivity index (χ2v) is 7.28. The zero-order valence-electron chi connectivity index (χ0n) is 8.58. The van der Waals surface area contributed by atoms with Gasteiger partial charge in [0.25, 0.3) is 0 Å². The molecular weight excluding hydrogens is 186 g/mol. The van der Waals surface area contributed by atoms with Crippen LogP contribution in [0.5, 0.6) is 0 Å². The molecule has 4 heteroatoms. The Labute approximate surface area is 80.6 Å². The highest BCUT2D eigenvalue weighted by Gasteiger charge is 2.36. The number of sulfone groups is 1. The smallest absolute Gasteiger partial charge is 0.150 e. The van der Waals surface area contributed by atoms with Gasteiger partial charge in [-0.3, -0.25) is 0 Å². The molecule has 2 atom stereocenters. The van der Waals surface area contributed by atoms with Gasteiger partial charge in [-0.2, -0.15) is 0 Å². The van der Waals surface area contributed by atoms with Gasteiger partial charge in [0.05, 0.1) is 11.5 Å². The molecule has 13 heavy (non-hydrogen) atoms. The number of rotatable bonds is 1. The molecule has 0 saturated carbocycles. The van der Waals surface area contributed by atoms with Gasteiger partial charge in [-0.15, -0.1) is 0 Å². The summed E-state index contributed by atoms with van der Waals surface area (Å²) in [6, 6.07) is -0.00947. The van der Waals surface area contributed by atoms with Crippen molar-refractivity contribution in [1.82, 2.24) is 0 Å². The Morgan fingerprint density at radius 2 is 1.92 bits per heavy atom. The van der Waals surface area contributed by atoms with E-state index in [2.05, 4.69) is 20.8 Å². The largest absolute Gasteiger partial charge is 0.327 e. The summed E-state index contributed by atoms with van der Waals surface area (Å²) in [4.78, 5) is 0. The molecule has 2 unspecified atom stereocenters. The molecule has 1 heterocycles. The van der Waals surface area contributed by atoms with Gasteiger partial charge in [0.2, 0.25) is 0 Å². The molecule has 0 spiro atoms. The first-order valence-electron chi connectivity index (χ1n) is 4.68. The summed E-state index contributed by atoms with van der Waals surface area (Å²) in [5.74, 6) is 0.761. The van der Waals surface area contributed by atoms with Crippen molar-refractivity contribution in [3.63, 3.8) is 0 Å². The molecule has 2 N–H and O–H groups in total. The first-order chi connectivity index (χ1) is 5.72. The van der Waals surface area contributed by atoms with Gasteiger partial charge in [0, 0.05) is 6.04 Å². The van der Waals surface area contributed by atoms with Crippen LogP contribution in [-0.4, -0.2) is 26.0 Å². The molecular formula is C9H19NO2S. The second-order valence-electron chi connectivity index (χ2n) is 5.05. The zero-order chi connectivity index (χ0) is 10.3. The Hall–Kier alpha value is -0.0900. The van der Waals surface area contributed by atoms with Crippen LogP contribution >= 0.6 is 0 Å². The van der Waals surface area contributed by atoms with E-state index in [1.54, 1.807) is 0 Å². The molecule has 78 valence electrons. The van der Waals surface area contributed by atoms with Crippen LogP contribution in [0, 0.1) is 11.3 Å². The minimum absolute atomic E-state index is 0.00449. The van der Waals surface area contributed by atoms with Crippen LogP contribution in [0.15, 0.2) is 0 Å². The quantitative estimate of drug-likeness (QED) is 0.688. The summed E-state index contributed by atoms with van der Waals surface area (Å²) < 4.78 is 22.4. The Morgan fingerprint density at radius 1 is 1.38 bits per heavy atom. The molecule has 0 bridgehead atoms. The Bertz CT molecular complexity index is 276. The highest BCUT2D eigenvalue weighted by Crippen LogP contribution is 2.30. The molecule has 0 radical (unpaired) electrons. The van der Waals surface area contributed by atoms with E-state index in [-0.39, 0.29) is 23.1 Å². The molecule has 1 rings (SSSR count). The number of nitrogens with two attached hydrogens (primary N) is 1. The first kappa shape index (κ1) is 11.0. The normalized spacial score (nSPS) is 30.3. The van der Waals surface area contributed by atoms with Gasteiger partial charge in [-0.05, 0) is 17.8 Å². The molecule has 1 aliphatic heterocycles. The van der Waals surface area contributed by atoms with Gasteiger partial charge < -0.3 is 5.73 Å². The number of hydrogen-bond acceptors (Lipinski definition) is 3. The van der Waals surface area contributed by atoms with E-state index < -0.39 is 9.84 Å². The highest BCUT2D eigenvalue weighted by atomic mass is 32.2. The predicted octanol–water partition coefficient (Wildman–Crippen LogP) is 0.795. The van der Waals surface area contributed by atoms with Crippen LogP contribution in [-0.2, 0) is 9.84 Å². The lowest BCUT2D eigenvalue weighted by atomic mass is 9.79. The third kappa shape index (κ3) is 2.68. The lowest BCUT2D eigenvalue weighted by Crippen LogP contribution is -2.42. The van der Waals surface area contributed by atoms with E-state index in [9.17, 15) is 8.42 Å². The van der Waals surface area contributed by atoms with Crippen LogP contribution in [0.4, 0.5) is 0 Å². The minimum atomic E-state index is -2.78. The Balaban J connectivity index is 2.67. The SMILES string of the molecule is CC(C)(C)C(N)C1CCS(=O)(=O)C1. The zero-order valence-corrected chi connectivity index (χ0v) is 9.39. The Kier molecular flexibility index (Phi) is 2.74. The predicted molar refractivity (Wildman–Crippen MR) is 54.2 cm³/mol. The highest BCUT2D eigenvalue weighted by molar-refractivity contribution is 7.91. The standard InChI is InChI=1S/C9H19NO2S/c1-9(2,3)8(10)7-4-5-13(11,12)6-7/h7-8H,4-6,10H2,1-3H3. The summed E-state index contributed by atoms with van der Waals surface area (Å²) >= 11 is 0. The topological polar surface area (TPSA) is 60.2 Å². The maximum atomic E-state index is 11.2. The Morgan fingerprint density at radius 3 is 2.23 bits per heavy atom. The summed E-state index contributed by atoms with van der Waals surface area (Å²) in [6.45, 7) is 6.17. The van der Waals surface area contributed by atoms with E-state index in [0.717, 1.165) is 6.42 Å². The van der Waals surface area contributed by atoms with Gasteiger partial charge in [0.1, 0.15) is 0 Å². The summed E-state index contributed by atoms with van der Waals surface area (Å²) in [6.07, 6.45) is 0.737. The van der Waals surface area contributed by atoms with E-state index in [1.165, 1.54) is 0 Å². The van der Waals surface area contributed by atoms with Crippen molar-refractivity contribution in [2.75, 3.05) is 11.5 Å². The van der Waals surface area contributed by atoms with Crippen LogP contribution in [0.3, 0.4) is 0 Å². The first-order valence-corrected chi connectivity index (χ1v) is 6.50. The molecule has 0 amide bonds. The van der Waals surface area contributed by atoms with Crippen LogP contribution in [0.2, 0.25) is 0 Å². The van der Waals surface area contributed by atoms with Crippen molar-refractivity contribution in [3.8, 4) is 0 Å². The minimum Gasteiger partial charge on any atom is -0.327 e. The van der Waals surface area contributed by atoms with Crippen molar-refractivity contribution in [3.05, 3.63) is 0 Å². The summed E-state index contributed by atoms with van der Waals surface area (Å²) in [5, 5.41) is 0. The van der Waals surface area contributed by atoms with E-state index >= 15 is 0 Å². The average Bonchev–Trinajstić information content (AvgIpc) is 2.26. The van der Waals surface area contributed by atoms with E-state index in [4.69, 9.17) is 5.73 Å². The lowest BCUT2D eigenvalue weighted by Gasteiger charge is -2.31. The van der Waals surface area contributed by atoms with Gasteiger partial charge in [-0.1, -0.05) is 20.8 Å². The maximum Gasteiger partial charge on any atom is 0.150 e. The van der Waals surface area contributed by atoms with Crippen molar-refractivity contribution in [2.24, 2.45) is 17.1 Å². The maximum absolute atomic E-state index is 11.2. The molecule has 1 aliphatic rings. The third-order valence-corrected chi connectivity index (χ3v) is 4.57.